The molecule has 1 saturated heterocycles. The minimum absolute atomic E-state index is 0.125. The maximum atomic E-state index is 9.12. The quantitative estimate of drug-likeness (QED) is 0.842. The van der Waals surface area contributed by atoms with E-state index in [1.54, 1.807) is 0 Å². The molecule has 0 saturated carbocycles. The molecule has 1 heterocycles. The van der Waals surface area contributed by atoms with Gasteiger partial charge in [0.05, 0.1) is 6.61 Å². The Bertz CT molecular complexity index is 392. The fraction of sp³-hybridized carbons (Fsp3) is 0.571. The molecule has 1 aromatic rings. The van der Waals surface area contributed by atoms with Crippen LogP contribution < -0.4 is 4.90 Å². The molecule has 94 valence electrons. The summed E-state index contributed by atoms with van der Waals surface area (Å²) in [5, 5.41) is 9.12. The first-order valence-corrected chi connectivity index (χ1v) is 6.27. The third-order valence-electron chi connectivity index (χ3n) is 3.74. The third-order valence-corrected chi connectivity index (χ3v) is 3.74. The van der Waals surface area contributed by atoms with Gasteiger partial charge >= 0.3 is 0 Å². The second-order valence-corrected chi connectivity index (χ2v) is 5.05. The summed E-state index contributed by atoms with van der Waals surface area (Å²) in [5.74, 6) is 0. The summed E-state index contributed by atoms with van der Waals surface area (Å²) in [6, 6.07) is 6.84. The first kappa shape index (κ1) is 12.4. The second-order valence-electron chi connectivity index (χ2n) is 5.05. The van der Waals surface area contributed by atoms with Gasteiger partial charge in [-0.25, -0.2) is 0 Å². The summed E-state index contributed by atoms with van der Waals surface area (Å²) in [5.41, 5.74) is 3.56. The van der Waals surface area contributed by atoms with E-state index in [0.29, 0.717) is 6.04 Å². The van der Waals surface area contributed by atoms with E-state index in [1.807, 2.05) is 6.07 Å². The number of hydrogen-bond acceptors (Lipinski definition) is 3. The number of hydrogen-bond donors (Lipinski definition) is 1. The molecule has 0 aromatic heterocycles. The normalized spacial score (nSPS) is 21.9. The molecule has 1 aromatic carbocycles. The number of rotatable bonds is 2. The Morgan fingerprint density at radius 2 is 2.12 bits per heavy atom. The summed E-state index contributed by atoms with van der Waals surface area (Å²) in [6.45, 7) is 7.79. The fourth-order valence-electron chi connectivity index (χ4n) is 2.44. The highest BCUT2D eigenvalue weighted by molar-refractivity contribution is 5.55. The lowest BCUT2D eigenvalue weighted by molar-refractivity contribution is 0.234. The van der Waals surface area contributed by atoms with E-state index in [-0.39, 0.29) is 6.61 Å². The first-order valence-electron chi connectivity index (χ1n) is 6.27. The van der Waals surface area contributed by atoms with Gasteiger partial charge in [-0.05, 0) is 38.1 Å². The smallest absolute Gasteiger partial charge is 0.0681 e. The van der Waals surface area contributed by atoms with Crippen LogP contribution in [0.1, 0.15) is 18.1 Å². The highest BCUT2D eigenvalue weighted by atomic mass is 16.3. The summed E-state index contributed by atoms with van der Waals surface area (Å²) >= 11 is 0. The molecule has 0 amide bonds. The van der Waals surface area contributed by atoms with Crippen molar-refractivity contribution in [1.82, 2.24) is 4.90 Å². The lowest BCUT2D eigenvalue weighted by Gasteiger charge is -2.39. The van der Waals surface area contributed by atoms with Crippen LogP contribution >= 0.6 is 0 Å². The molecule has 3 heteroatoms. The minimum Gasteiger partial charge on any atom is -0.392 e. The Labute approximate surface area is 104 Å². The average Bonchev–Trinajstić information content (AvgIpc) is 2.32. The van der Waals surface area contributed by atoms with Gasteiger partial charge in [0, 0.05) is 31.4 Å². The Morgan fingerprint density at radius 1 is 1.35 bits per heavy atom. The molecule has 3 nitrogen and oxygen atoms in total. The lowest BCUT2D eigenvalue weighted by Crippen LogP contribution is -2.50. The standard InChI is InChI=1S/C14H22N2O/c1-11-8-13(10-17)4-5-14(11)16-7-6-15(3)12(2)9-16/h4-5,8,12,17H,6-7,9-10H2,1-3H3. The van der Waals surface area contributed by atoms with Crippen LogP contribution in [0.2, 0.25) is 0 Å². The largest absolute Gasteiger partial charge is 0.392 e. The van der Waals surface area contributed by atoms with Gasteiger partial charge in [0.15, 0.2) is 0 Å². The van der Waals surface area contributed by atoms with Gasteiger partial charge in [0.25, 0.3) is 0 Å². The van der Waals surface area contributed by atoms with Crippen LogP contribution in [0.25, 0.3) is 0 Å². The predicted molar refractivity (Wildman–Crippen MR) is 71.4 cm³/mol. The van der Waals surface area contributed by atoms with Crippen LogP contribution in [0.3, 0.4) is 0 Å². The summed E-state index contributed by atoms with van der Waals surface area (Å²) in [4.78, 5) is 4.84. The van der Waals surface area contributed by atoms with Crippen molar-refractivity contribution in [3.8, 4) is 0 Å². The maximum Gasteiger partial charge on any atom is 0.0681 e. The van der Waals surface area contributed by atoms with Crippen LogP contribution in [0, 0.1) is 6.92 Å². The molecule has 0 radical (unpaired) electrons. The zero-order valence-corrected chi connectivity index (χ0v) is 11.0. The number of aryl methyl sites for hydroxylation is 1. The van der Waals surface area contributed by atoms with E-state index < -0.39 is 0 Å². The fourth-order valence-corrected chi connectivity index (χ4v) is 2.44. The van der Waals surface area contributed by atoms with Crippen LogP contribution in [0.4, 0.5) is 5.69 Å². The van der Waals surface area contributed by atoms with Crippen LogP contribution in [0.5, 0.6) is 0 Å². The third kappa shape index (κ3) is 2.61. The summed E-state index contributed by atoms with van der Waals surface area (Å²) in [6.07, 6.45) is 0. The van der Waals surface area contributed by atoms with Crippen LogP contribution in [-0.4, -0.2) is 42.7 Å². The molecular weight excluding hydrogens is 212 g/mol. The number of benzene rings is 1. The first-order chi connectivity index (χ1) is 8.11. The Morgan fingerprint density at radius 3 is 2.71 bits per heavy atom. The molecule has 0 aliphatic carbocycles. The molecular formula is C14H22N2O. The average molecular weight is 234 g/mol. The molecule has 1 atom stereocenters. The van der Waals surface area contributed by atoms with E-state index >= 15 is 0 Å². The molecule has 1 N–H and O–H groups in total. The Kier molecular flexibility index (Phi) is 3.69. The molecule has 0 bridgehead atoms. The van der Waals surface area contributed by atoms with Crippen molar-refractivity contribution >= 4 is 5.69 Å². The van der Waals surface area contributed by atoms with E-state index in [4.69, 9.17) is 5.11 Å². The van der Waals surface area contributed by atoms with E-state index in [2.05, 4.69) is 42.8 Å². The van der Waals surface area contributed by atoms with Crippen molar-refractivity contribution in [1.29, 1.82) is 0 Å². The number of likely N-dealkylation sites (N-methyl/N-ethyl adjacent to an activating group) is 1. The number of nitrogens with zero attached hydrogens (tertiary/aromatic N) is 2. The molecule has 1 unspecified atom stereocenters. The Balaban J connectivity index is 2.17. The number of aliphatic hydroxyl groups excluding tert-OH is 1. The van der Waals surface area contributed by atoms with Gasteiger partial charge < -0.3 is 14.9 Å². The van der Waals surface area contributed by atoms with Crippen molar-refractivity contribution in [3.05, 3.63) is 29.3 Å². The molecule has 17 heavy (non-hydrogen) atoms. The van der Waals surface area contributed by atoms with Crippen molar-refractivity contribution < 1.29 is 5.11 Å². The maximum absolute atomic E-state index is 9.12. The summed E-state index contributed by atoms with van der Waals surface area (Å²) < 4.78 is 0. The topological polar surface area (TPSA) is 26.7 Å². The van der Waals surface area contributed by atoms with Gasteiger partial charge in [0.2, 0.25) is 0 Å². The van der Waals surface area contributed by atoms with Crippen LogP contribution in [0.15, 0.2) is 18.2 Å². The number of aliphatic hydroxyl groups is 1. The van der Waals surface area contributed by atoms with Gasteiger partial charge in [-0.1, -0.05) is 12.1 Å². The van der Waals surface area contributed by atoms with Gasteiger partial charge in [-0.15, -0.1) is 0 Å². The second kappa shape index (κ2) is 5.07. The minimum atomic E-state index is 0.125. The van der Waals surface area contributed by atoms with Gasteiger partial charge in [-0.2, -0.15) is 0 Å². The Hall–Kier alpha value is -1.06. The molecule has 1 aliphatic heterocycles. The van der Waals surface area contributed by atoms with Crippen molar-refractivity contribution in [2.45, 2.75) is 26.5 Å². The summed E-state index contributed by atoms with van der Waals surface area (Å²) in [7, 11) is 2.18. The number of piperazine rings is 1. The highest BCUT2D eigenvalue weighted by Crippen LogP contribution is 2.23. The molecule has 2 rings (SSSR count). The van der Waals surface area contributed by atoms with Crippen LogP contribution in [-0.2, 0) is 6.61 Å². The SMILES string of the molecule is Cc1cc(CO)ccc1N1CCN(C)C(C)C1. The monoisotopic (exact) mass is 234 g/mol. The van der Waals surface area contributed by atoms with Crippen molar-refractivity contribution in [2.24, 2.45) is 0 Å². The molecule has 0 spiro atoms. The predicted octanol–water partition coefficient (Wildman–Crippen LogP) is 1.63. The zero-order valence-electron chi connectivity index (χ0n) is 11.0. The van der Waals surface area contributed by atoms with E-state index in [0.717, 1.165) is 25.2 Å². The van der Waals surface area contributed by atoms with Gasteiger partial charge in [-0.3, -0.25) is 0 Å². The molecule has 1 fully saturated rings. The zero-order chi connectivity index (χ0) is 12.4. The highest BCUT2D eigenvalue weighted by Gasteiger charge is 2.21. The van der Waals surface area contributed by atoms with Gasteiger partial charge in [0.1, 0.15) is 0 Å². The van der Waals surface area contributed by atoms with E-state index in [1.165, 1.54) is 11.3 Å². The van der Waals surface area contributed by atoms with Crippen molar-refractivity contribution in [3.63, 3.8) is 0 Å². The van der Waals surface area contributed by atoms with E-state index in [9.17, 15) is 0 Å². The number of anilines is 1. The van der Waals surface area contributed by atoms with Crippen molar-refractivity contribution in [2.75, 3.05) is 31.6 Å². The lowest BCUT2D eigenvalue weighted by atomic mass is 10.1. The molecule has 1 aliphatic rings.